The van der Waals surface area contributed by atoms with E-state index in [0.717, 1.165) is 17.7 Å². The van der Waals surface area contributed by atoms with E-state index in [1.807, 2.05) is 24.3 Å². The van der Waals surface area contributed by atoms with Crippen molar-refractivity contribution in [1.29, 1.82) is 0 Å². The quantitative estimate of drug-likeness (QED) is 0.808. The van der Waals surface area contributed by atoms with E-state index in [1.165, 1.54) is 0 Å². The fraction of sp³-hybridized carbons (Fsp3) is 0.562. The van der Waals surface area contributed by atoms with Crippen LogP contribution >= 0.6 is 12.4 Å². The number of hydrogen-bond donors (Lipinski definition) is 2. The van der Waals surface area contributed by atoms with Gasteiger partial charge in [0.15, 0.2) is 0 Å². The second kappa shape index (κ2) is 8.90. The molecule has 0 radical (unpaired) electrons. The Labute approximate surface area is 133 Å². The van der Waals surface area contributed by atoms with Gasteiger partial charge in [-0.05, 0) is 24.3 Å². The molecule has 1 unspecified atom stereocenters. The molecule has 2 N–H and O–H groups in total. The van der Waals surface area contributed by atoms with Gasteiger partial charge in [0.05, 0.1) is 7.11 Å². The average Bonchev–Trinajstić information content (AvgIpc) is 2.37. The maximum absolute atomic E-state index is 11.3. The summed E-state index contributed by atoms with van der Waals surface area (Å²) in [6.45, 7) is 6.84. The Morgan fingerprint density at radius 1 is 1.33 bits per heavy atom. The molecule has 0 fully saturated rings. The lowest BCUT2D eigenvalue weighted by molar-refractivity contribution is -0.139. The van der Waals surface area contributed by atoms with Crippen LogP contribution in [-0.4, -0.2) is 24.2 Å². The first kappa shape index (κ1) is 19.7. The first-order chi connectivity index (χ1) is 9.33. The minimum absolute atomic E-state index is 0. The van der Waals surface area contributed by atoms with Crippen molar-refractivity contribution in [2.45, 2.75) is 46.2 Å². The molecule has 0 amide bonds. The molecule has 0 aliphatic rings. The normalized spacial score (nSPS) is 12.4. The number of halogens is 1. The number of ether oxygens (including phenoxy) is 1. The minimum atomic E-state index is -0.802. The van der Waals surface area contributed by atoms with E-state index in [9.17, 15) is 9.90 Å². The summed E-state index contributed by atoms with van der Waals surface area (Å²) in [6, 6.07) is 7.11. The van der Waals surface area contributed by atoms with Crippen LogP contribution in [0, 0.1) is 5.41 Å². The number of rotatable bonds is 7. The lowest BCUT2D eigenvalue weighted by atomic mass is 9.88. The van der Waals surface area contributed by atoms with E-state index in [2.05, 4.69) is 26.1 Å². The van der Waals surface area contributed by atoms with Crippen LogP contribution in [0.25, 0.3) is 0 Å². The molecule has 0 aromatic heterocycles. The van der Waals surface area contributed by atoms with Gasteiger partial charge in [-0.3, -0.25) is 4.79 Å². The smallest absolute Gasteiger partial charge is 0.320 e. The number of hydrogen-bond acceptors (Lipinski definition) is 3. The molecular weight excluding hydrogens is 290 g/mol. The van der Waals surface area contributed by atoms with Gasteiger partial charge >= 0.3 is 5.97 Å². The molecule has 1 atom stereocenters. The van der Waals surface area contributed by atoms with Gasteiger partial charge in [-0.25, -0.2) is 0 Å². The van der Waals surface area contributed by atoms with Crippen LogP contribution < -0.4 is 10.1 Å². The molecule has 0 aliphatic heterocycles. The molecule has 4 nitrogen and oxygen atoms in total. The second-order valence-corrected chi connectivity index (χ2v) is 6.18. The van der Waals surface area contributed by atoms with Gasteiger partial charge in [0.1, 0.15) is 11.8 Å². The van der Waals surface area contributed by atoms with Crippen LogP contribution in [0.2, 0.25) is 0 Å². The zero-order chi connectivity index (χ0) is 15.2. The topological polar surface area (TPSA) is 58.6 Å². The van der Waals surface area contributed by atoms with Crippen molar-refractivity contribution in [2.24, 2.45) is 5.41 Å². The van der Waals surface area contributed by atoms with Crippen LogP contribution in [0.15, 0.2) is 24.3 Å². The van der Waals surface area contributed by atoms with Crippen LogP contribution in [0.3, 0.4) is 0 Å². The van der Waals surface area contributed by atoms with Gasteiger partial charge in [-0.1, -0.05) is 39.0 Å². The molecule has 21 heavy (non-hydrogen) atoms. The lowest BCUT2D eigenvalue weighted by Crippen LogP contribution is -2.37. The highest BCUT2D eigenvalue weighted by Crippen LogP contribution is 2.22. The average molecular weight is 316 g/mol. The second-order valence-electron chi connectivity index (χ2n) is 6.18. The largest absolute Gasteiger partial charge is 0.496 e. The summed E-state index contributed by atoms with van der Waals surface area (Å²) in [7, 11) is 1.62. The van der Waals surface area contributed by atoms with E-state index in [4.69, 9.17) is 4.74 Å². The predicted octanol–water partition coefficient (Wildman–Crippen LogP) is 3.49. The highest BCUT2D eigenvalue weighted by Gasteiger charge is 2.20. The van der Waals surface area contributed by atoms with Crippen molar-refractivity contribution in [3.8, 4) is 5.75 Å². The Morgan fingerprint density at radius 2 is 1.95 bits per heavy atom. The highest BCUT2D eigenvalue weighted by atomic mass is 35.5. The minimum Gasteiger partial charge on any atom is -0.496 e. The molecule has 1 aromatic carbocycles. The molecule has 120 valence electrons. The van der Waals surface area contributed by atoms with Gasteiger partial charge < -0.3 is 15.2 Å². The van der Waals surface area contributed by atoms with Crippen molar-refractivity contribution in [1.82, 2.24) is 5.32 Å². The molecule has 0 bridgehead atoms. The zero-order valence-corrected chi connectivity index (χ0v) is 14.0. The SMILES string of the molecule is COc1ccccc1CNC(CCC(C)(C)C)C(=O)O.Cl. The molecular formula is C16H26ClNO3. The third-order valence-corrected chi connectivity index (χ3v) is 3.21. The number of benzene rings is 1. The Hall–Kier alpha value is -1.26. The van der Waals surface area contributed by atoms with Crippen LogP contribution in [-0.2, 0) is 11.3 Å². The number of nitrogens with one attached hydrogen (secondary N) is 1. The van der Waals surface area contributed by atoms with Crippen LogP contribution in [0.1, 0.15) is 39.2 Å². The third-order valence-electron chi connectivity index (χ3n) is 3.21. The Balaban J connectivity index is 0.00000400. The van der Waals surface area contributed by atoms with Gasteiger partial charge in [0.25, 0.3) is 0 Å². The molecule has 1 aromatic rings. The van der Waals surface area contributed by atoms with Gasteiger partial charge in [-0.2, -0.15) is 0 Å². The van der Waals surface area contributed by atoms with E-state index < -0.39 is 12.0 Å². The molecule has 0 spiro atoms. The monoisotopic (exact) mass is 315 g/mol. The standard InChI is InChI=1S/C16H25NO3.ClH/c1-16(2,3)10-9-13(15(18)19)17-11-12-7-5-6-8-14(12)20-4;/h5-8,13,17H,9-11H2,1-4H3,(H,18,19);1H. The third kappa shape index (κ3) is 7.34. The van der Waals surface area contributed by atoms with Gasteiger partial charge in [0, 0.05) is 12.1 Å². The molecule has 0 saturated carbocycles. The molecule has 1 rings (SSSR count). The first-order valence-electron chi connectivity index (χ1n) is 6.91. The number of methoxy groups -OCH3 is 1. The summed E-state index contributed by atoms with van der Waals surface area (Å²) in [5.41, 5.74) is 1.11. The van der Waals surface area contributed by atoms with Crippen molar-refractivity contribution in [3.05, 3.63) is 29.8 Å². The molecule has 5 heteroatoms. The Morgan fingerprint density at radius 3 is 2.48 bits per heavy atom. The fourth-order valence-corrected chi connectivity index (χ4v) is 1.97. The first-order valence-corrected chi connectivity index (χ1v) is 6.91. The van der Waals surface area contributed by atoms with E-state index in [0.29, 0.717) is 13.0 Å². The lowest BCUT2D eigenvalue weighted by Gasteiger charge is -2.22. The number of aliphatic carboxylic acids is 1. The predicted molar refractivity (Wildman–Crippen MR) is 87.2 cm³/mol. The van der Waals surface area contributed by atoms with E-state index >= 15 is 0 Å². The van der Waals surface area contributed by atoms with Crippen LogP contribution in [0.5, 0.6) is 5.75 Å². The summed E-state index contributed by atoms with van der Waals surface area (Å²) < 4.78 is 5.26. The zero-order valence-electron chi connectivity index (χ0n) is 13.2. The summed E-state index contributed by atoms with van der Waals surface area (Å²) in [4.78, 5) is 11.3. The van der Waals surface area contributed by atoms with Crippen molar-refractivity contribution < 1.29 is 14.6 Å². The Bertz CT molecular complexity index is 443. The molecule has 0 saturated heterocycles. The molecule has 0 aliphatic carbocycles. The number of carbonyl (C=O) groups is 1. The van der Waals surface area contributed by atoms with Crippen LogP contribution in [0.4, 0.5) is 0 Å². The van der Waals surface area contributed by atoms with Crippen molar-refractivity contribution in [2.75, 3.05) is 7.11 Å². The summed E-state index contributed by atoms with van der Waals surface area (Å²) >= 11 is 0. The van der Waals surface area contributed by atoms with Crippen molar-refractivity contribution >= 4 is 18.4 Å². The summed E-state index contributed by atoms with van der Waals surface area (Å²) in [6.07, 6.45) is 1.48. The highest BCUT2D eigenvalue weighted by molar-refractivity contribution is 5.85. The maximum atomic E-state index is 11.3. The van der Waals surface area contributed by atoms with Gasteiger partial charge in [-0.15, -0.1) is 12.4 Å². The summed E-state index contributed by atoms with van der Waals surface area (Å²) in [5, 5.41) is 12.4. The Kier molecular flexibility index (Phi) is 8.37. The van der Waals surface area contributed by atoms with Gasteiger partial charge in [0.2, 0.25) is 0 Å². The number of carboxylic acid groups (broad SMARTS) is 1. The summed E-state index contributed by atoms with van der Waals surface area (Å²) in [5.74, 6) is -0.0240. The molecule has 0 heterocycles. The van der Waals surface area contributed by atoms with Crippen molar-refractivity contribution in [3.63, 3.8) is 0 Å². The van der Waals surface area contributed by atoms with E-state index in [1.54, 1.807) is 7.11 Å². The number of carboxylic acids is 1. The fourth-order valence-electron chi connectivity index (χ4n) is 1.97. The maximum Gasteiger partial charge on any atom is 0.320 e. The van der Waals surface area contributed by atoms with E-state index in [-0.39, 0.29) is 17.8 Å². The number of para-hydroxylation sites is 1.